The normalized spacial score (nSPS) is 20.3. The summed E-state index contributed by atoms with van der Waals surface area (Å²) >= 11 is 0. The van der Waals surface area contributed by atoms with Gasteiger partial charge in [0.2, 0.25) is 0 Å². The molecule has 3 heteroatoms. The standard InChI is InChI=1S/C13H16O3/c1-8-5-9-3-4-10(7-11(9)6-8)12(14)13(15)16-2/h3-4,7-8,12,14H,5-6H2,1-2H3. The van der Waals surface area contributed by atoms with Gasteiger partial charge in [0.25, 0.3) is 0 Å². The average Bonchev–Trinajstić information content (AvgIpc) is 2.65. The molecule has 0 saturated heterocycles. The van der Waals surface area contributed by atoms with Crippen LogP contribution in [0.1, 0.15) is 29.7 Å². The minimum absolute atomic E-state index is 0.606. The molecule has 0 spiro atoms. The molecule has 0 fully saturated rings. The number of aliphatic hydroxyl groups is 1. The third-order valence-electron chi connectivity index (χ3n) is 3.11. The number of fused-ring (bicyclic) bond motifs is 1. The maximum absolute atomic E-state index is 11.2. The van der Waals surface area contributed by atoms with Crippen LogP contribution in [0.5, 0.6) is 0 Å². The van der Waals surface area contributed by atoms with Gasteiger partial charge in [-0.2, -0.15) is 0 Å². The highest BCUT2D eigenvalue weighted by atomic mass is 16.5. The summed E-state index contributed by atoms with van der Waals surface area (Å²) in [6, 6.07) is 5.72. The van der Waals surface area contributed by atoms with Crippen molar-refractivity contribution in [2.75, 3.05) is 7.11 Å². The molecular weight excluding hydrogens is 204 g/mol. The second-order valence-corrected chi connectivity index (χ2v) is 4.47. The maximum atomic E-state index is 11.2. The summed E-state index contributed by atoms with van der Waals surface area (Å²) in [5, 5.41) is 9.71. The van der Waals surface area contributed by atoms with E-state index >= 15 is 0 Å². The van der Waals surface area contributed by atoms with Crippen molar-refractivity contribution < 1.29 is 14.6 Å². The molecule has 1 aliphatic carbocycles. The number of methoxy groups -OCH3 is 1. The van der Waals surface area contributed by atoms with E-state index in [1.165, 1.54) is 18.2 Å². The Hall–Kier alpha value is -1.35. The Morgan fingerprint density at radius 2 is 2.12 bits per heavy atom. The number of benzene rings is 1. The van der Waals surface area contributed by atoms with E-state index in [1.54, 1.807) is 6.07 Å². The fourth-order valence-corrected chi connectivity index (χ4v) is 2.28. The first kappa shape index (κ1) is 11.1. The van der Waals surface area contributed by atoms with Crippen LogP contribution in [-0.2, 0) is 22.4 Å². The van der Waals surface area contributed by atoms with Gasteiger partial charge in [-0.05, 0) is 35.4 Å². The zero-order valence-corrected chi connectivity index (χ0v) is 9.56. The van der Waals surface area contributed by atoms with Crippen molar-refractivity contribution in [3.63, 3.8) is 0 Å². The van der Waals surface area contributed by atoms with Gasteiger partial charge in [-0.3, -0.25) is 0 Å². The molecule has 0 radical (unpaired) electrons. The molecule has 1 N–H and O–H groups in total. The molecule has 86 valence electrons. The molecule has 1 aromatic carbocycles. The van der Waals surface area contributed by atoms with Gasteiger partial charge in [0, 0.05) is 0 Å². The maximum Gasteiger partial charge on any atom is 0.339 e. The summed E-state index contributed by atoms with van der Waals surface area (Å²) in [6.45, 7) is 2.20. The van der Waals surface area contributed by atoms with Crippen LogP contribution in [0, 0.1) is 5.92 Å². The van der Waals surface area contributed by atoms with Gasteiger partial charge >= 0.3 is 5.97 Å². The first-order valence-electron chi connectivity index (χ1n) is 5.49. The van der Waals surface area contributed by atoms with Crippen LogP contribution in [0.15, 0.2) is 18.2 Å². The molecule has 0 amide bonds. The lowest BCUT2D eigenvalue weighted by Gasteiger charge is -2.10. The Kier molecular flexibility index (Phi) is 2.97. The molecule has 1 aromatic rings. The Labute approximate surface area is 95.0 Å². The van der Waals surface area contributed by atoms with Crippen molar-refractivity contribution in [3.05, 3.63) is 34.9 Å². The number of rotatable bonds is 2. The van der Waals surface area contributed by atoms with E-state index in [1.807, 2.05) is 12.1 Å². The van der Waals surface area contributed by atoms with Gasteiger partial charge in [0.05, 0.1) is 7.11 Å². The highest BCUT2D eigenvalue weighted by molar-refractivity contribution is 5.76. The summed E-state index contributed by atoms with van der Waals surface area (Å²) in [7, 11) is 1.28. The second-order valence-electron chi connectivity index (χ2n) is 4.47. The third-order valence-corrected chi connectivity index (χ3v) is 3.11. The highest BCUT2D eigenvalue weighted by Crippen LogP contribution is 2.29. The number of carbonyl (C=O) groups excluding carboxylic acids is 1. The molecular formula is C13H16O3. The van der Waals surface area contributed by atoms with Gasteiger partial charge in [0.15, 0.2) is 6.10 Å². The van der Waals surface area contributed by atoms with Crippen LogP contribution in [0.3, 0.4) is 0 Å². The average molecular weight is 220 g/mol. The van der Waals surface area contributed by atoms with Gasteiger partial charge < -0.3 is 9.84 Å². The predicted octanol–water partition coefficient (Wildman–Crippen LogP) is 1.63. The van der Waals surface area contributed by atoms with Crippen LogP contribution >= 0.6 is 0 Å². The summed E-state index contributed by atoms with van der Waals surface area (Å²) in [5.41, 5.74) is 3.20. The van der Waals surface area contributed by atoms with Crippen molar-refractivity contribution in [3.8, 4) is 0 Å². The molecule has 0 saturated carbocycles. The van der Waals surface area contributed by atoms with Crippen LogP contribution in [-0.4, -0.2) is 18.2 Å². The topological polar surface area (TPSA) is 46.5 Å². The van der Waals surface area contributed by atoms with Crippen molar-refractivity contribution >= 4 is 5.97 Å². The second kappa shape index (κ2) is 4.26. The number of hydrogen-bond acceptors (Lipinski definition) is 3. The lowest BCUT2D eigenvalue weighted by Crippen LogP contribution is -2.13. The largest absolute Gasteiger partial charge is 0.467 e. The van der Waals surface area contributed by atoms with E-state index in [4.69, 9.17) is 0 Å². The van der Waals surface area contributed by atoms with Crippen molar-refractivity contribution in [1.29, 1.82) is 0 Å². The van der Waals surface area contributed by atoms with Gasteiger partial charge in [-0.15, -0.1) is 0 Å². The van der Waals surface area contributed by atoms with E-state index in [0.29, 0.717) is 11.5 Å². The van der Waals surface area contributed by atoms with Crippen LogP contribution in [0.2, 0.25) is 0 Å². The van der Waals surface area contributed by atoms with Gasteiger partial charge in [-0.1, -0.05) is 25.1 Å². The van der Waals surface area contributed by atoms with E-state index < -0.39 is 12.1 Å². The number of esters is 1. The fourth-order valence-electron chi connectivity index (χ4n) is 2.28. The molecule has 1 aliphatic rings. The molecule has 2 rings (SSSR count). The monoisotopic (exact) mass is 220 g/mol. The Morgan fingerprint density at radius 1 is 1.44 bits per heavy atom. The summed E-state index contributed by atoms with van der Waals surface area (Å²) in [6.07, 6.45) is 0.951. The number of carbonyl (C=O) groups is 1. The minimum atomic E-state index is -1.16. The SMILES string of the molecule is COC(=O)C(O)c1ccc2c(c1)CC(C)C2. The van der Waals surface area contributed by atoms with E-state index in [0.717, 1.165) is 12.8 Å². The Balaban J connectivity index is 2.25. The quantitative estimate of drug-likeness (QED) is 0.770. The lowest BCUT2D eigenvalue weighted by molar-refractivity contribution is -0.150. The highest BCUT2D eigenvalue weighted by Gasteiger charge is 2.22. The van der Waals surface area contributed by atoms with Crippen molar-refractivity contribution in [2.24, 2.45) is 5.92 Å². The first-order valence-corrected chi connectivity index (χ1v) is 5.49. The summed E-state index contributed by atoms with van der Waals surface area (Å²) in [4.78, 5) is 11.2. The fraction of sp³-hybridized carbons (Fsp3) is 0.462. The zero-order valence-electron chi connectivity index (χ0n) is 9.56. The van der Waals surface area contributed by atoms with Crippen LogP contribution < -0.4 is 0 Å². The first-order chi connectivity index (χ1) is 7.61. The Bertz CT molecular complexity index is 412. The van der Waals surface area contributed by atoms with E-state index in [9.17, 15) is 9.90 Å². The van der Waals surface area contributed by atoms with Crippen molar-refractivity contribution in [1.82, 2.24) is 0 Å². The Morgan fingerprint density at radius 3 is 2.81 bits per heavy atom. The molecule has 16 heavy (non-hydrogen) atoms. The molecule has 2 unspecified atom stereocenters. The van der Waals surface area contributed by atoms with Gasteiger partial charge in [-0.25, -0.2) is 4.79 Å². The smallest absolute Gasteiger partial charge is 0.339 e. The lowest BCUT2D eigenvalue weighted by atomic mass is 10.0. The van der Waals surface area contributed by atoms with Crippen molar-refractivity contribution in [2.45, 2.75) is 25.9 Å². The molecule has 0 heterocycles. The molecule has 0 aliphatic heterocycles. The van der Waals surface area contributed by atoms with Crippen LogP contribution in [0.25, 0.3) is 0 Å². The molecule has 0 bridgehead atoms. The van der Waals surface area contributed by atoms with Crippen LogP contribution in [0.4, 0.5) is 0 Å². The summed E-state index contributed by atoms with van der Waals surface area (Å²) in [5.74, 6) is 0.0477. The van der Waals surface area contributed by atoms with E-state index in [-0.39, 0.29) is 0 Å². The zero-order chi connectivity index (χ0) is 11.7. The number of aliphatic hydroxyl groups excluding tert-OH is 1. The predicted molar refractivity (Wildman–Crippen MR) is 60.0 cm³/mol. The minimum Gasteiger partial charge on any atom is -0.467 e. The van der Waals surface area contributed by atoms with E-state index in [2.05, 4.69) is 11.7 Å². The molecule has 2 atom stereocenters. The number of hydrogen-bond donors (Lipinski definition) is 1. The molecule has 0 aromatic heterocycles. The van der Waals surface area contributed by atoms with Gasteiger partial charge in [0.1, 0.15) is 0 Å². The summed E-state index contributed by atoms with van der Waals surface area (Å²) < 4.78 is 4.52. The number of ether oxygens (including phenoxy) is 1. The third kappa shape index (κ3) is 1.95. The molecule has 3 nitrogen and oxygen atoms in total.